The second-order valence-electron chi connectivity index (χ2n) is 4.98. The average Bonchev–Trinajstić information content (AvgIpc) is 2.77. The molecule has 0 amide bonds. The van der Waals surface area contributed by atoms with Crippen LogP contribution in [-0.2, 0) is 13.0 Å². The van der Waals surface area contributed by atoms with Crippen LogP contribution < -0.4 is 4.74 Å². The number of halogens is 2. The molecule has 0 unspecified atom stereocenters. The molecule has 0 saturated heterocycles. The molecule has 0 aliphatic heterocycles. The Morgan fingerprint density at radius 2 is 1.85 bits per heavy atom. The number of hydrogen-bond acceptors (Lipinski definition) is 2. The van der Waals surface area contributed by atoms with Gasteiger partial charge in [0, 0.05) is 6.07 Å². The molecule has 0 aromatic heterocycles. The van der Waals surface area contributed by atoms with Crippen LogP contribution in [0.15, 0.2) is 36.4 Å². The Morgan fingerprint density at radius 3 is 2.60 bits per heavy atom. The molecule has 1 aliphatic carbocycles. The molecule has 0 bridgehead atoms. The molecule has 3 rings (SSSR count). The van der Waals surface area contributed by atoms with E-state index in [0.717, 1.165) is 30.0 Å². The lowest BCUT2D eigenvalue weighted by atomic mass is 10.1. The van der Waals surface area contributed by atoms with E-state index in [4.69, 9.17) is 4.74 Å². The van der Waals surface area contributed by atoms with Crippen LogP contribution in [0.2, 0.25) is 0 Å². The maximum Gasteiger partial charge on any atom is 0.126 e. The van der Waals surface area contributed by atoms with Crippen LogP contribution in [0.3, 0.4) is 0 Å². The van der Waals surface area contributed by atoms with Crippen molar-refractivity contribution in [3.05, 3.63) is 64.7 Å². The fourth-order valence-electron chi connectivity index (χ4n) is 2.52. The zero-order valence-corrected chi connectivity index (χ0v) is 10.8. The van der Waals surface area contributed by atoms with Crippen molar-refractivity contribution >= 4 is 0 Å². The molecule has 1 aliphatic rings. The van der Waals surface area contributed by atoms with Crippen LogP contribution in [0.4, 0.5) is 8.78 Å². The molecule has 1 N–H and O–H groups in total. The number of hydrogen-bond donors (Lipinski definition) is 1. The van der Waals surface area contributed by atoms with E-state index in [-0.39, 0.29) is 6.61 Å². The van der Waals surface area contributed by atoms with Crippen LogP contribution in [0, 0.1) is 11.6 Å². The predicted octanol–water partition coefficient (Wildman–Crippen LogP) is 3.52. The molecule has 0 saturated carbocycles. The van der Waals surface area contributed by atoms with Gasteiger partial charge in [0.15, 0.2) is 0 Å². The average molecular weight is 276 g/mol. The lowest BCUT2D eigenvalue weighted by molar-refractivity contribution is 0.180. The van der Waals surface area contributed by atoms with Gasteiger partial charge >= 0.3 is 0 Å². The van der Waals surface area contributed by atoms with Crippen molar-refractivity contribution in [3.8, 4) is 5.75 Å². The molecule has 2 aromatic rings. The van der Waals surface area contributed by atoms with Crippen LogP contribution in [0.25, 0.3) is 0 Å². The summed E-state index contributed by atoms with van der Waals surface area (Å²) in [5, 5.41) is 9.72. The topological polar surface area (TPSA) is 29.5 Å². The van der Waals surface area contributed by atoms with Gasteiger partial charge in [-0.25, -0.2) is 8.78 Å². The molecular weight excluding hydrogens is 262 g/mol. The van der Waals surface area contributed by atoms with E-state index >= 15 is 0 Å². The van der Waals surface area contributed by atoms with Crippen molar-refractivity contribution in [2.45, 2.75) is 25.6 Å². The van der Waals surface area contributed by atoms with Gasteiger partial charge in [-0.3, -0.25) is 0 Å². The first kappa shape index (κ1) is 13.1. The van der Waals surface area contributed by atoms with Gasteiger partial charge < -0.3 is 9.84 Å². The first-order chi connectivity index (χ1) is 9.61. The van der Waals surface area contributed by atoms with E-state index in [1.54, 1.807) is 6.07 Å². The molecule has 0 fully saturated rings. The van der Waals surface area contributed by atoms with Crippen LogP contribution in [0.1, 0.15) is 29.2 Å². The zero-order chi connectivity index (χ0) is 14.1. The molecule has 0 heterocycles. The number of rotatable bonds is 3. The van der Waals surface area contributed by atoms with Gasteiger partial charge in [-0.1, -0.05) is 6.07 Å². The quantitative estimate of drug-likeness (QED) is 0.929. The standard InChI is InChI=1S/C16H14F2O2/c17-12-5-10(6-13(18)8-12)9-20-14-2-3-15-11(7-14)1-4-16(15)19/h2-3,5-8,16,19H,1,4,9H2/t16-/m0/s1. The molecule has 2 nitrogen and oxygen atoms in total. The number of benzene rings is 2. The van der Waals surface area contributed by atoms with Crippen molar-refractivity contribution in [2.24, 2.45) is 0 Å². The van der Waals surface area contributed by atoms with Crippen LogP contribution in [-0.4, -0.2) is 5.11 Å². The first-order valence-electron chi connectivity index (χ1n) is 6.50. The molecule has 0 radical (unpaired) electrons. The van der Waals surface area contributed by atoms with E-state index in [9.17, 15) is 13.9 Å². The number of ether oxygens (including phenoxy) is 1. The van der Waals surface area contributed by atoms with Crippen molar-refractivity contribution in [2.75, 3.05) is 0 Å². The van der Waals surface area contributed by atoms with Crippen molar-refractivity contribution in [3.63, 3.8) is 0 Å². The minimum Gasteiger partial charge on any atom is -0.489 e. The van der Waals surface area contributed by atoms with Gasteiger partial charge in [-0.2, -0.15) is 0 Å². The van der Waals surface area contributed by atoms with E-state index in [1.165, 1.54) is 12.1 Å². The number of fused-ring (bicyclic) bond motifs is 1. The third-order valence-electron chi connectivity index (χ3n) is 3.49. The number of aryl methyl sites for hydroxylation is 1. The summed E-state index contributed by atoms with van der Waals surface area (Å²) in [4.78, 5) is 0. The number of aliphatic hydroxyl groups excluding tert-OH is 1. The normalized spacial score (nSPS) is 17.1. The van der Waals surface area contributed by atoms with Crippen molar-refractivity contribution in [1.29, 1.82) is 0 Å². The highest BCUT2D eigenvalue weighted by atomic mass is 19.1. The van der Waals surface area contributed by atoms with Crippen molar-refractivity contribution in [1.82, 2.24) is 0 Å². The van der Waals surface area contributed by atoms with E-state index < -0.39 is 17.7 Å². The van der Waals surface area contributed by atoms with Gasteiger partial charge in [0.1, 0.15) is 24.0 Å². The Morgan fingerprint density at radius 1 is 1.10 bits per heavy atom. The molecule has 0 spiro atoms. The van der Waals surface area contributed by atoms with Gasteiger partial charge in [-0.15, -0.1) is 0 Å². The smallest absolute Gasteiger partial charge is 0.126 e. The van der Waals surface area contributed by atoms with Gasteiger partial charge in [-0.05, 0) is 53.8 Å². The molecule has 1 atom stereocenters. The maximum atomic E-state index is 13.1. The monoisotopic (exact) mass is 276 g/mol. The summed E-state index contributed by atoms with van der Waals surface area (Å²) in [6, 6.07) is 8.82. The molecular formula is C16H14F2O2. The fraction of sp³-hybridized carbons (Fsp3) is 0.250. The highest BCUT2D eigenvalue weighted by molar-refractivity contribution is 5.40. The Hall–Kier alpha value is -1.94. The first-order valence-corrected chi connectivity index (χ1v) is 6.50. The zero-order valence-electron chi connectivity index (χ0n) is 10.8. The maximum absolute atomic E-state index is 13.1. The van der Waals surface area contributed by atoms with Gasteiger partial charge in [0.2, 0.25) is 0 Å². The fourth-order valence-corrected chi connectivity index (χ4v) is 2.52. The van der Waals surface area contributed by atoms with Crippen LogP contribution >= 0.6 is 0 Å². The minimum atomic E-state index is -0.610. The third kappa shape index (κ3) is 2.65. The van der Waals surface area contributed by atoms with E-state index in [0.29, 0.717) is 11.3 Å². The summed E-state index contributed by atoms with van der Waals surface area (Å²) < 4.78 is 31.7. The SMILES string of the molecule is O[C@H]1CCc2cc(OCc3cc(F)cc(F)c3)ccc21. The predicted molar refractivity (Wildman–Crippen MR) is 70.4 cm³/mol. The summed E-state index contributed by atoms with van der Waals surface area (Å²) in [5.74, 6) is -0.580. The lowest BCUT2D eigenvalue weighted by Gasteiger charge is -2.09. The van der Waals surface area contributed by atoms with Gasteiger partial charge in [0.05, 0.1) is 6.10 Å². The molecule has 4 heteroatoms. The Labute approximate surface area is 115 Å². The highest BCUT2D eigenvalue weighted by Gasteiger charge is 2.20. The number of aliphatic hydroxyl groups is 1. The second-order valence-corrected chi connectivity index (χ2v) is 4.98. The summed E-state index contributed by atoms with van der Waals surface area (Å²) in [6.07, 6.45) is 1.16. The highest BCUT2D eigenvalue weighted by Crippen LogP contribution is 2.33. The molecule has 2 aromatic carbocycles. The van der Waals surface area contributed by atoms with Crippen LogP contribution in [0.5, 0.6) is 5.75 Å². The van der Waals surface area contributed by atoms with Gasteiger partial charge in [0.25, 0.3) is 0 Å². The summed E-state index contributed by atoms with van der Waals surface area (Å²) in [5.41, 5.74) is 2.46. The summed E-state index contributed by atoms with van der Waals surface area (Å²) in [7, 11) is 0. The Bertz CT molecular complexity index is 620. The van der Waals surface area contributed by atoms with Crippen molar-refractivity contribution < 1.29 is 18.6 Å². The lowest BCUT2D eigenvalue weighted by Crippen LogP contribution is -1.98. The Kier molecular flexibility index (Phi) is 3.40. The molecule has 20 heavy (non-hydrogen) atoms. The third-order valence-corrected chi connectivity index (χ3v) is 3.49. The second kappa shape index (κ2) is 5.21. The van der Waals surface area contributed by atoms with E-state index in [1.807, 2.05) is 12.1 Å². The molecule has 104 valence electrons. The Balaban J connectivity index is 1.72. The minimum absolute atomic E-state index is 0.107. The van der Waals surface area contributed by atoms with E-state index in [2.05, 4.69) is 0 Å². The summed E-state index contributed by atoms with van der Waals surface area (Å²) >= 11 is 0. The summed E-state index contributed by atoms with van der Waals surface area (Å²) in [6.45, 7) is 0.107. The largest absolute Gasteiger partial charge is 0.489 e.